The molecule has 0 heterocycles. The highest BCUT2D eigenvalue weighted by atomic mass is 16.2. The standard InChI is InChI=1S/C23H33NO.CH4O.CH4/c1-14-11-20-18-6-5-16-12-17(25)7-9-22(16,3)19(18)8-10-23(20,4)21(14)15(2)13-24;1-2;/h7,9,12,14,18-21H,2,5-6,8,10-11,13,24H2,1,3-4H3;2H,1H3;1H4. The molecule has 3 fully saturated rings. The summed E-state index contributed by atoms with van der Waals surface area (Å²) in [6.45, 7) is 12.3. The van der Waals surface area contributed by atoms with Crippen molar-refractivity contribution in [3.05, 3.63) is 36.0 Å². The molecule has 3 N–H and O–H groups in total. The predicted octanol–water partition coefficient (Wildman–Crippen LogP) is 4.92. The molecule has 158 valence electrons. The first kappa shape index (κ1) is 23.1. The van der Waals surface area contributed by atoms with Crippen LogP contribution in [0.15, 0.2) is 36.0 Å². The molecule has 7 atom stereocenters. The van der Waals surface area contributed by atoms with E-state index in [-0.39, 0.29) is 18.6 Å². The first-order valence-corrected chi connectivity index (χ1v) is 10.6. The van der Waals surface area contributed by atoms with Gasteiger partial charge in [-0.3, -0.25) is 4.79 Å². The number of carbonyl (C=O) groups excluding carboxylic acids is 1. The van der Waals surface area contributed by atoms with Gasteiger partial charge in [0.15, 0.2) is 5.78 Å². The lowest BCUT2D eigenvalue weighted by Crippen LogP contribution is -2.49. The van der Waals surface area contributed by atoms with Crippen molar-refractivity contribution < 1.29 is 9.90 Å². The minimum atomic E-state index is 0. The van der Waals surface area contributed by atoms with Gasteiger partial charge in [-0.25, -0.2) is 0 Å². The Labute approximate surface area is 172 Å². The van der Waals surface area contributed by atoms with Gasteiger partial charge in [-0.05, 0) is 79.3 Å². The Bertz CT molecular complexity index is 678. The second-order valence-electron chi connectivity index (χ2n) is 9.70. The summed E-state index contributed by atoms with van der Waals surface area (Å²) in [4.78, 5) is 11.9. The van der Waals surface area contributed by atoms with Gasteiger partial charge < -0.3 is 10.8 Å². The molecule has 3 nitrogen and oxygen atoms in total. The second kappa shape index (κ2) is 8.28. The SMILES string of the molecule is C.C=C(CN)C1C(C)CC2C3CCC4=CC(=O)C=CC4(C)C3CCC21C.CO. The third-order valence-electron chi connectivity index (χ3n) is 8.60. The number of hydrogen-bond acceptors (Lipinski definition) is 3. The minimum Gasteiger partial charge on any atom is -0.400 e. The average Bonchev–Trinajstić information content (AvgIpc) is 2.93. The molecule has 0 amide bonds. The van der Waals surface area contributed by atoms with Crippen LogP contribution in [-0.4, -0.2) is 24.5 Å². The van der Waals surface area contributed by atoms with E-state index in [0.29, 0.717) is 29.7 Å². The number of nitrogens with two attached hydrogens (primary N) is 1. The molecule has 4 aliphatic rings. The van der Waals surface area contributed by atoms with Gasteiger partial charge in [0.2, 0.25) is 0 Å². The number of aliphatic hydroxyl groups excluding tert-OH is 1. The number of rotatable bonds is 2. The Kier molecular flexibility index (Phi) is 6.83. The molecule has 0 saturated heterocycles. The fourth-order valence-electron chi connectivity index (χ4n) is 7.56. The molecular formula is C25H41NO2. The highest BCUT2D eigenvalue weighted by Gasteiger charge is 2.60. The van der Waals surface area contributed by atoms with Crippen LogP contribution in [0.3, 0.4) is 0 Å². The van der Waals surface area contributed by atoms with Crippen LogP contribution in [0.4, 0.5) is 0 Å². The minimum absolute atomic E-state index is 0. The quantitative estimate of drug-likeness (QED) is 0.661. The van der Waals surface area contributed by atoms with Crippen molar-refractivity contribution in [1.29, 1.82) is 0 Å². The Morgan fingerprint density at radius 2 is 1.96 bits per heavy atom. The van der Waals surface area contributed by atoms with Crippen molar-refractivity contribution in [1.82, 2.24) is 0 Å². The summed E-state index contributed by atoms with van der Waals surface area (Å²) in [5.74, 6) is 3.69. The number of allylic oxidation sites excluding steroid dienone is 4. The summed E-state index contributed by atoms with van der Waals surface area (Å²) in [5, 5.41) is 7.00. The molecular weight excluding hydrogens is 346 g/mol. The third kappa shape index (κ3) is 3.25. The molecule has 0 spiro atoms. The molecule has 0 aromatic carbocycles. The smallest absolute Gasteiger partial charge is 0.178 e. The number of fused-ring (bicyclic) bond motifs is 5. The molecule has 4 aliphatic carbocycles. The van der Waals surface area contributed by atoms with E-state index in [9.17, 15) is 4.79 Å². The van der Waals surface area contributed by atoms with Crippen LogP contribution in [0.25, 0.3) is 0 Å². The summed E-state index contributed by atoms with van der Waals surface area (Å²) < 4.78 is 0. The Morgan fingerprint density at radius 1 is 1.29 bits per heavy atom. The monoisotopic (exact) mass is 387 g/mol. The van der Waals surface area contributed by atoms with Crippen LogP contribution in [0, 0.1) is 40.4 Å². The van der Waals surface area contributed by atoms with Gasteiger partial charge in [0, 0.05) is 19.1 Å². The van der Waals surface area contributed by atoms with E-state index in [2.05, 4.69) is 33.4 Å². The van der Waals surface area contributed by atoms with Gasteiger partial charge in [0.25, 0.3) is 0 Å². The molecule has 7 unspecified atom stereocenters. The van der Waals surface area contributed by atoms with E-state index in [0.717, 1.165) is 25.4 Å². The highest BCUT2D eigenvalue weighted by molar-refractivity contribution is 6.01. The van der Waals surface area contributed by atoms with E-state index in [4.69, 9.17) is 10.8 Å². The molecule has 0 radical (unpaired) electrons. The van der Waals surface area contributed by atoms with Crippen LogP contribution >= 0.6 is 0 Å². The molecule has 28 heavy (non-hydrogen) atoms. The van der Waals surface area contributed by atoms with Gasteiger partial charge in [0.05, 0.1) is 0 Å². The normalized spacial score (nSPS) is 43.4. The zero-order valence-electron chi connectivity index (χ0n) is 17.5. The molecule has 0 aromatic rings. The largest absolute Gasteiger partial charge is 0.400 e. The summed E-state index contributed by atoms with van der Waals surface area (Å²) in [5.41, 5.74) is 9.12. The van der Waals surface area contributed by atoms with Crippen molar-refractivity contribution in [2.75, 3.05) is 13.7 Å². The number of ketones is 1. The van der Waals surface area contributed by atoms with Crippen LogP contribution in [0.5, 0.6) is 0 Å². The van der Waals surface area contributed by atoms with Gasteiger partial charge in [-0.1, -0.05) is 52.0 Å². The number of carbonyl (C=O) groups is 1. The maximum atomic E-state index is 11.9. The van der Waals surface area contributed by atoms with Crippen LogP contribution in [-0.2, 0) is 4.79 Å². The van der Waals surface area contributed by atoms with E-state index in [1.54, 1.807) is 0 Å². The zero-order chi connectivity index (χ0) is 20.0. The summed E-state index contributed by atoms with van der Waals surface area (Å²) >= 11 is 0. The first-order valence-electron chi connectivity index (χ1n) is 10.6. The fourth-order valence-corrected chi connectivity index (χ4v) is 7.56. The summed E-state index contributed by atoms with van der Waals surface area (Å²) in [6, 6.07) is 0. The molecule has 3 heteroatoms. The number of hydrogen-bond donors (Lipinski definition) is 2. The molecule has 0 aromatic heterocycles. The summed E-state index contributed by atoms with van der Waals surface area (Å²) in [7, 11) is 1.00. The first-order chi connectivity index (χ1) is 12.8. The fraction of sp³-hybridized carbons (Fsp3) is 0.720. The van der Waals surface area contributed by atoms with E-state index in [1.165, 1.54) is 36.8 Å². The topological polar surface area (TPSA) is 63.3 Å². The van der Waals surface area contributed by atoms with Crippen LogP contribution in [0.2, 0.25) is 0 Å². The van der Waals surface area contributed by atoms with Gasteiger partial charge in [-0.15, -0.1) is 0 Å². The highest BCUT2D eigenvalue weighted by Crippen LogP contribution is 2.67. The van der Waals surface area contributed by atoms with Gasteiger partial charge in [0.1, 0.15) is 0 Å². The number of aliphatic hydroxyl groups is 1. The Morgan fingerprint density at radius 3 is 2.61 bits per heavy atom. The Hall–Kier alpha value is -1.19. The Balaban J connectivity index is 0.000000906. The maximum absolute atomic E-state index is 11.9. The molecule has 4 rings (SSSR count). The molecule has 0 bridgehead atoms. The maximum Gasteiger partial charge on any atom is 0.178 e. The summed E-state index contributed by atoms with van der Waals surface area (Å²) in [6.07, 6.45) is 12.2. The van der Waals surface area contributed by atoms with Gasteiger partial charge in [-0.2, -0.15) is 0 Å². The lowest BCUT2D eigenvalue weighted by molar-refractivity contribution is -0.111. The van der Waals surface area contributed by atoms with Crippen molar-refractivity contribution in [2.24, 2.45) is 46.2 Å². The second-order valence-corrected chi connectivity index (χ2v) is 9.70. The van der Waals surface area contributed by atoms with Crippen molar-refractivity contribution in [3.63, 3.8) is 0 Å². The molecule has 0 aliphatic heterocycles. The van der Waals surface area contributed by atoms with Gasteiger partial charge >= 0.3 is 0 Å². The van der Waals surface area contributed by atoms with Crippen molar-refractivity contribution in [3.8, 4) is 0 Å². The lowest BCUT2D eigenvalue weighted by atomic mass is 9.47. The average molecular weight is 388 g/mol. The van der Waals surface area contributed by atoms with E-state index in [1.807, 2.05) is 12.2 Å². The van der Waals surface area contributed by atoms with Crippen LogP contribution in [0.1, 0.15) is 60.3 Å². The van der Waals surface area contributed by atoms with Crippen LogP contribution < -0.4 is 5.73 Å². The zero-order valence-corrected chi connectivity index (χ0v) is 17.5. The lowest BCUT2D eigenvalue weighted by Gasteiger charge is -2.57. The molecule has 3 saturated carbocycles. The van der Waals surface area contributed by atoms with Crippen molar-refractivity contribution >= 4 is 5.78 Å². The predicted molar refractivity (Wildman–Crippen MR) is 118 cm³/mol. The van der Waals surface area contributed by atoms with E-state index < -0.39 is 0 Å². The van der Waals surface area contributed by atoms with E-state index >= 15 is 0 Å². The third-order valence-corrected chi connectivity index (χ3v) is 8.60. The van der Waals surface area contributed by atoms with Crippen molar-refractivity contribution in [2.45, 2.75) is 60.3 Å².